The highest BCUT2D eigenvalue weighted by Crippen LogP contribution is 2.32. The van der Waals surface area contributed by atoms with Gasteiger partial charge in [-0.2, -0.15) is 0 Å². The quantitative estimate of drug-likeness (QED) is 0.352. The van der Waals surface area contributed by atoms with Crippen LogP contribution in [0.1, 0.15) is 15.9 Å². The lowest BCUT2D eigenvalue weighted by Gasteiger charge is -2.12. The van der Waals surface area contributed by atoms with Crippen molar-refractivity contribution in [1.82, 2.24) is 9.97 Å². The molecule has 2 aromatic carbocycles. The minimum atomic E-state index is -0.629. The van der Waals surface area contributed by atoms with Gasteiger partial charge in [-0.05, 0) is 29.8 Å². The van der Waals surface area contributed by atoms with E-state index in [1.807, 2.05) is 0 Å². The molecule has 0 aliphatic heterocycles. The zero-order valence-electron chi connectivity index (χ0n) is 15.3. The van der Waals surface area contributed by atoms with Crippen LogP contribution in [0, 0.1) is 15.9 Å². The third kappa shape index (κ3) is 4.61. The van der Waals surface area contributed by atoms with Gasteiger partial charge in [0.25, 0.3) is 0 Å². The summed E-state index contributed by atoms with van der Waals surface area (Å²) in [5.41, 5.74) is 0.813. The summed E-state index contributed by atoms with van der Waals surface area (Å²) in [4.78, 5) is 30.8. The van der Waals surface area contributed by atoms with E-state index in [1.165, 1.54) is 25.3 Å². The third-order valence-electron chi connectivity index (χ3n) is 3.96. The first-order chi connectivity index (χ1) is 14.0. The van der Waals surface area contributed by atoms with Gasteiger partial charge in [-0.1, -0.05) is 24.3 Å². The molecule has 0 aliphatic carbocycles. The topological polar surface area (TPSA) is 119 Å². The Bertz CT molecular complexity index is 1040. The number of nitro groups is 1. The maximum atomic E-state index is 13.0. The fourth-order valence-electron chi connectivity index (χ4n) is 2.57. The second kappa shape index (κ2) is 8.74. The number of rotatable bonds is 7. The number of benzene rings is 2. The molecule has 0 bridgehead atoms. The van der Waals surface area contributed by atoms with Crippen LogP contribution in [0.4, 0.5) is 27.4 Å². The van der Waals surface area contributed by atoms with E-state index in [-0.39, 0.29) is 29.6 Å². The van der Waals surface area contributed by atoms with Crippen molar-refractivity contribution in [3.05, 3.63) is 81.9 Å². The summed E-state index contributed by atoms with van der Waals surface area (Å²) in [6.07, 6.45) is 1.16. The number of ether oxygens (including phenoxy) is 1. The Morgan fingerprint density at radius 2 is 1.83 bits per heavy atom. The van der Waals surface area contributed by atoms with Gasteiger partial charge in [0.2, 0.25) is 11.6 Å². The highest BCUT2D eigenvalue weighted by atomic mass is 19.1. The van der Waals surface area contributed by atoms with Crippen LogP contribution in [0.15, 0.2) is 54.9 Å². The lowest BCUT2D eigenvalue weighted by atomic mass is 10.2. The van der Waals surface area contributed by atoms with Crippen LogP contribution in [0.5, 0.6) is 0 Å². The lowest BCUT2D eigenvalue weighted by molar-refractivity contribution is -0.383. The summed E-state index contributed by atoms with van der Waals surface area (Å²) in [5.74, 6) is -1.09. The van der Waals surface area contributed by atoms with Crippen molar-refractivity contribution in [2.75, 3.05) is 17.7 Å². The zero-order valence-corrected chi connectivity index (χ0v) is 15.3. The van der Waals surface area contributed by atoms with Crippen LogP contribution < -0.4 is 10.6 Å². The van der Waals surface area contributed by atoms with Crippen molar-refractivity contribution < 1.29 is 18.8 Å². The number of nitrogens with one attached hydrogen (secondary N) is 2. The van der Waals surface area contributed by atoms with E-state index >= 15 is 0 Å². The number of anilines is 3. The zero-order chi connectivity index (χ0) is 20.8. The SMILES string of the molecule is COC(=O)c1ccccc1Nc1ncnc(NCc2ccc(F)cc2)c1[N+](=O)[O-]. The van der Waals surface area contributed by atoms with Gasteiger partial charge in [0.15, 0.2) is 0 Å². The Morgan fingerprint density at radius 3 is 2.52 bits per heavy atom. The number of halogens is 1. The number of nitrogens with zero attached hydrogens (tertiary/aromatic N) is 3. The maximum absolute atomic E-state index is 13.0. The van der Waals surface area contributed by atoms with E-state index in [0.29, 0.717) is 11.3 Å². The van der Waals surface area contributed by atoms with Crippen LogP contribution in [-0.2, 0) is 11.3 Å². The normalized spacial score (nSPS) is 10.3. The van der Waals surface area contributed by atoms with E-state index in [1.54, 1.807) is 30.3 Å². The standard InChI is InChI=1S/C19H16FN5O4/c1-29-19(26)14-4-2-3-5-15(14)24-18-16(25(27)28)17(22-11-23-18)21-10-12-6-8-13(20)9-7-12/h2-9,11H,10H2,1H3,(H2,21,22,23,24). The van der Waals surface area contributed by atoms with E-state index in [2.05, 4.69) is 20.6 Å². The second-order valence-corrected chi connectivity index (χ2v) is 5.82. The predicted octanol–water partition coefficient (Wildman–Crippen LogP) is 3.67. The van der Waals surface area contributed by atoms with E-state index in [4.69, 9.17) is 4.74 Å². The number of hydrogen-bond donors (Lipinski definition) is 2. The molecular formula is C19H16FN5O4. The molecule has 0 fully saturated rings. The van der Waals surface area contributed by atoms with Gasteiger partial charge < -0.3 is 15.4 Å². The Morgan fingerprint density at radius 1 is 1.14 bits per heavy atom. The van der Waals surface area contributed by atoms with Crippen LogP contribution >= 0.6 is 0 Å². The summed E-state index contributed by atoms with van der Waals surface area (Å²) in [6, 6.07) is 12.1. The Kier molecular flexibility index (Phi) is 5.93. The van der Waals surface area contributed by atoms with Crippen molar-refractivity contribution in [3.63, 3.8) is 0 Å². The van der Waals surface area contributed by atoms with Crippen LogP contribution in [-0.4, -0.2) is 28.0 Å². The average Bonchev–Trinajstić information content (AvgIpc) is 2.73. The minimum Gasteiger partial charge on any atom is -0.465 e. The molecule has 9 nitrogen and oxygen atoms in total. The van der Waals surface area contributed by atoms with Gasteiger partial charge in [-0.25, -0.2) is 19.2 Å². The smallest absolute Gasteiger partial charge is 0.353 e. The molecule has 0 amide bonds. The van der Waals surface area contributed by atoms with Gasteiger partial charge >= 0.3 is 11.7 Å². The first-order valence-corrected chi connectivity index (χ1v) is 8.41. The summed E-state index contributed by atoms with van der Waals surface area (Å²) < 4.78 is 17.8. The van der Waals surface area contributed by atoms with Crippen molar-refractivity contribution in [2.24, 2.45) is 0 Å². The molecule has 0 atom stereocenters. The number of para-hydroxylation sites is 1. The molecule has 0 radical (unpaired) electrons. The molecule has 0 aliphatic rings. The lowest BCUT2D eigenvalue weighted by Crippen LogP contribution is -2.10. The molecule has 10 heteroatoms. The Balaban J connectivity index is 1.90. The Labute approximate surface area is 164 Å². The first kappa shape index (κ1) is 19.7. The number of hydrogen-bond acceptors (Lipinski definition) is 8. The molecule has 0 unspecified atom stereocenters. The molecule has 0 spiro atoms. The number of methoxy groups -OCH3 is 1. The van der Waals surface area contributed by atoms with E-state index < -0.39 is 16.6 Å². The maximum Gasteiger partial charge on any atom is 0.353 e. The number of esters is 1. The van der Waals surface area contributed by atoms with Crippen LogP contribution in [0.25, 0.3) is 0 Å². The Hall–Kier alpha value is -4.08. The highest BCUT2D eigenvalue weighted by molar-refractivity contribution is 5.96. The van der Waals surface area contributed by atoms with Crippen molar-refractivity contribution >= 4 is 29.0 Å². The molecule has 0 saturated heterocycles. The van der Waals surface area contributed by atoms with Crippen molar-refractivity contribution in [2.45, 2.75) is 6.54 Å². The first-order valence-electron chi connectivity index (χ1n) is 8.41. The molecule has 1 aromatic heterocycles. The summed E-state index contributed by atoms with van der Waals surface area (Å²) >= 11 is 0. The molecule has 0 saturated carbocycles. The summed E-state index contributed by atoms with van der Waals surface area (Å²) in [6.45, 7) is 0.191. The van der Waals surface area contributed by atoms with Gasteiger partial charge in [0, 0.05) is 6.54 Å². The third-order valence-corrected chi connectivity index (χ3v) is 3.96. The fraction of sp³-hybridized carbons (Fsp3) is 0.105. The second-order valence-electron chi connectivity index (χ2n) is 5.82. The molecule has 29 heavy (non-hydrogen) atoms. The number of aromatic nitrogens is 2. The van der Waals surface area contributed by atoms with Crippen LogP contribution in [0.2, 0.25) is 0 Å². The molecule has 148 valence electrons. The molecule has 2 N–H and O–H groups in total. The minimum absolute atomic E-state index is 0.0209. The summed E-state index contributed by atoms with van der Waals surface area (Å²) in [7, 11) is 1.24. The van der Waals surface area contributed by atoms with Gasteiger partial charge in [-0.15, -0.1) is 0 Å². The van der Waals surface area contributed by atoms with Gasteiger partial charge in [-0.3, -0.25) is 10.1 Å². The van der Waals surface area contributed by atoms with E-state index in [0.717, 1.165) is 6.33 Å². The molecule has 3 aromatic rings. The fourth-order valence-corrected chi connectivity index (χ4v) is 2.57. The molecular weight excluding hydrogens is 381 g/mol. The van der Waals surface area contributed by atoms with Crippen molar-refractivity contribution in [1.29, 1.82) is 0 Å². The number of carbonyl (C=O) groups excluding carboxylic acids is 1. The predicted molar refractivity (Wildman–Crippen MR) is 103 cm³/mol. The van der Waals surface area contributed by atoms with E-state index in [9.17, 15) is 19.3 Å². The molecule has 1 heterocycles. The van der Waals surface area contributed by atoms with Crippen LogP contribution in [0.3, 0.4) is 0 Å². The summed E-state index contributed by atoms with van der Waals surface area (Å²) in [5, 5.41) is 17.3. The van der Waals surface area contributed by atoms with Crippen molar-refractivity contribution in [3.8, 4) is 0 Å². The van der Waals surface area contributed by atoms with Gasteiger partial charge in [0.05, 0.1) is 23.3 Å². The number of carbonyl (C=O) groups is 1. The largest absolute Gasteiger partial charge is 0.465 e. The molecule has 3 rings (SSSR count). The monoisotopic (exact) mass is 397 g/mol. The average molecular weight is 397 g/mol. The van der Waals surface area contributed by atoms with Gasteiger partial charge in [0.1, 0.15) is 12.1 Å². The highest BCUT2D eigenvalue weighted by Gasteiger charge is 2.24.